The molecule has 2 rings (SSSR count). The van der Waals surface area contributed by atoms with Crippen LogP contribution in [0.3, 0.4) is 0 Å². The number of halogens is 2. The van der Waals surface area contributed by atoms with E-state index in [2.05, 4.69) is 5.32 Å². The van der Waals surface area contributed by atoms with Crippen LogP contribution in [-0.2, 0) is 6.42 Å². The number of aryl methyl sites for hydroxylation is 1. The predicted molar refractivity (Wildman–Crippen MR) is 75.8 cm³/mol. The van der Waals surface area contributed by atoms with Gasteiger partial charge in [0.05, 0.1) is 12.4 Å². The van der Waals surface area contributed by atoms with E-state index in [0.29, 0.717) is 0 Å². The molecule has 21 heavy (non-hydrogen) atoms. The van der Waals surface area contributed by atoms with E-state index in [1.165, 1.54) is 6.07 Å². The van der Waals surface area contributed by atoms with Crippen LogP contribution in [0.4, 0.5) is 8.78 Å². The first kappa shape index (κ1) is 15.7. The second kappa shape index (κ2) is 7.33. The SMILES string of the molecule is CC(CCc1ccco1)NCC(O)c1ccc(F)cc1F. The van der Waals surface area contributed by atoms with E-state index in [-0.39, 0.29) is 18.2 Å². The summed E-state index contributed by atoms with van der Waals surface area (Å²) in [6.45, 7) is 2.19. The summed E-state index contributed by atoms with van der Waals surface area (Å²) >= 11 is 0. The Hall–Kier alpha value is -1.72. The number of nitrogens with one attached hydrogen (secondary N) is 1. The van der Waals surface area contributed by atoms with Crippen molar-refractivity contribution in [3.63, 3.8) is 0 Å². The molecule has 114 valence electrons. The molecule has 2 unspecified atom stereocenters. The van der Waals surface area contributed by atoms with Gasteiger partial charge in [-0.05, 0) is 31.5 Å². The largest absolute Gasteiger partial charge is 0.469 e. The van der Waals surface area contributed by atoms with Gasteiger partial charge in [-0.1, -0.05) is 6.07 Å². The minimum Gasteiger partial charge on any atom is -0.469 e. The van der Waals surface area contributed by atoms with Crippen molar-refractivity contribution in [1.29, 1.82) is 0 Å². The highest BCUT2D eigenvalue weighted by atomic mass is 19.1. The standard InChI is InChI=1S/C16H19F2NO2/c1-11(4-6-13-3-2-8-21-13)19-10-16(20)14-7-5-12(17)9-15(14)18/h2-3,5,7-9,11,16,19-20H,4,6,10H2,1H3. The summed E-state index contributed by atoms with van der Waals surface area (Å²) in [5.74, 6) is -0.468. The maximum atomic E-state index is 13.5. The number of rotatable bonds is 7. The minimum atomic E-state index is -1.00. The molecule has 0 amide bonds. The van der Waals surface area contributed by atoms with Crippen molar-refractivity contribution in [2.45, 2.75) is 31.9 Å². The van der Waals surface area contributed by atoms with Gasteiger partial charge in [-0.2, -0.15) is 0 Å². The molecule has 0 fully saturated rings. The molecule has 0 aliphatic heterocycles. The van der Waals surface area contributed by atoms with Gasteiger partial charge in [-0.25, -0.2) is 8.78 Å². The lowest BCUT2D eigenvalue weighted by atomic mass is 10.1. The molecule has 5 heteroatoms. The lowest BCUT2D eigenvalue weighted by Gasteiger charge is -2.17. The van der Waals surface area contributed by atoms with E-state index in [1.807, 2.05) is 19.1 Å². The van der Waals surface area contributed by atoms with Gasteiger partial charge < -0.3 is 14.8 Å². The maximum Gasteiger partial charge on any atom is 0.131 e. The summed E-state index contributed by atoms with van der Waals surface area (Å²) in [7, 11) is 0. The van der Waals surface area contributed by atoms with Gasteiger partial charge in [0.1, 0.15) is 17.4 Å². The molecule has 1 aromatic carbocycles. The molecule has 0 bridgehead atoms. The van der Waals surface area contributed by atoms with Crippen molar-refractivity contribution in [2.24, 2.45) is 0 Å². The Kier molecular flexibility index (Phi) is 5.47. The van der Waals surface area contributed by atoms with Crippen LogP contribution in [0.5, 0.6) is 0 Å². The van der Waals surface area contributed by atoms with Crippen LogP contribution in [0.15, 0.2) is 41.0 Å². The zero-order valence-corrected chi connectivity index (χ0v) is 11.9. The molecule has 0 radical (unpaired) electrons. The Balaban J connectivity index is 1.78. The average Bonchev–Trinajstić information content (AvgIpc) is 2.95. The van der Waals surface area contributed by atoms with E-state index >= 15 is 0 Å². The van der Waals surface area contributed by atoms with Gasteiger partial charge in [0, 0.05) is 30.6 Å². The number of hydrogen-bond donors (Lipinski definition) is 2. The van der Waals surface area contributed by atoms with Gasteiger partial charge in [0.2, 0.25) is 0 Å². The predicted octanol–water partition coefficient (Wildman–Crippen LogP) is 3.20. The summed E-state index contributed by atoms with van der Waals surface area (Å²) in [4.78, 5) is 0. The van der Waals surface area contributed by atoms with E-state index in [9.17, 15) is 13.9 Å². The molecule has 0 aliphatic carbocycles. The van der Waals surface area contributed by atoms with Gasteiger partial charge in [0.15, 0.2) is 0 Å². The van der Waals surface area contributed by atoms with Crippen molar-refractivity contribution in [3.8, 4) is 0 Å². The molecule has 0 aliphatic rings. The van der Waals surface area contributed by atoms with Gasteiger partial charge in [0.25, 0.3) is 0 Å². The monoisotopic (exact) mass is 295 g/mol. The zero-order chi connectivity index (χ0) is 15.2. The smallest absolute Gasteiger partial charge is 0.131 e. The van der Waals surface area contributed by atoms with E-state index in [0.717, 1.165) is 30.7 Å². The van der Waals surface area contributed by atoms with Crippen LogP contribution in [-0.4, -0.2) is 17.7 Å². The third-order valence-corrected chi connectivity index (χ3v) is 3.39. The van der Waals surface area contributed by atoms with Crippen molar-refractivity contribution < 1.29 is 18.3 Å². The molecule has 0 saturated heterocycles. The van der Waals surface area contributed by atoms with Crippen LogP contribution < -0.4 is 5.32 Å². The second-order valence-corrected chi connectivity index (χ2v) is 5.11. The van der Waals surface area contributed by atoms with E-state index < -0.39 is 17.7 Å². The summed E-state index contributed by atoms with van der Waals surface area (Å²) in [6, 6.07) is 7.09. The first-order valence-corrected chi connectivity index (χ1v) is 6.95. The Morgan fingerprint density at radius 2 is 2.10 bits per heavy atom. The minimum absolute atomic E-state index is 0.0992. The molecular weight excluding hydrogens is 276 g/mol. The number of benzene rings is 1. The Morgan fingerprint density at radius 3 is 2.76 bits per heavy atom. The molecule has 2 N–H and O–H groups in total. The highest BCUT2D eigenvalue weighted by molar-refractivity contribution is 5.21. The summed E-state index contributed by atoms with van der Waals surface area (Å²) in [5.41, 5.74) is 0.0992. The highest BCUT2D eigenvalue weighted by Gasteiger charge is 2.14. The van der Waals surface area contributed by atoms with Crippen molar-refractivity contribution in [3.05, 3.63) is 59.6 Å². The normalized spacial score (nSPS) is 14.1. The number of aliphatic hydroxyl groups is 1. The summed E-state index contributed by atoms with van der Waals surface area (Å²) < 4.78 is 31.6. The van der Waals surface area contributed by atoms with Crippen LogP contribution in [0.1, 0.15) is 30.8 Å². The molecular formula is C16H19F2NO2. The maximum absolute atomic E-state index is 13.5. The topological polar surface area (TPSA) is 45.4 Å². The fraction of sp³-hybridized carbons (Fsp3) is 0.375. The van der Waals surface area contributed by atoms with Crippen molar-refractivity contribution in [1.82, 2.24) is 5.32 Å². The quantitative estimate of drug-likeness (QED) is 0.824. The number of aliphatic hydroxyl groups excluding tert-OH is 1. The first-order chi connectivity index (χ1) is 10.1. The number of hydrogen-bond acceptors (Lipinski definition) is 3. The van der Waals surface area contributed by atoms with Gasteiger partial charge >= 0.3 is 0 Å². The van der Waals surface area contributed by atoms with Crippen molar-refractivity contribution in [2.75, 3.05) is 6.54 Å². The first-order valence-electron chi connectivity index (χ1n) is 6.95. The van der Waals surface area contributed by atoms with Crippen LogP contribution in [0, 0.1) is 11.6 Å². The third kappa shape index (κ3) is 4.65. The molecule has 0 spiro atoms. The zero-order valence-electron chi connectivity index (χ0n) is 11.9. The van der Waals surface area contributed by atoms with Gasteiger partial charge in [-0.3, -0.25) is 0 Å². The van der Waals surface area contributed by atoms with Crippen LogP contribution in [0.2, 0.25) is 0 Å². The molecule has 2 aromatic rings. The molecule has 1 aromatic heterocycles. The molecule has 3 nitrogen and oxygen atoms in total. The van der Waals surface area contributed by atoms with Crippen LogP contribution in [0.25, 0.3) is 0 Å². The van der Waals surface area contributed by atoms with Gasteiger partial charge in [-0.15, -0.1) is 0 Å². The Bertz CT molecular complexity index is 557. The highest BCUT2D eigenvalue weighted by Crippen LogP contribution is 2.17. The van der Waals surface area contributed by atoms with Crippen LogP contribution >= 0.6 is 0 Å². The Labute approximate surface area is 122 Å². The summed E-state index contributed by atoms with van der Waals surface area (Å²) in [6.07, 6.45) is 2.26. The molecule has 1 heterocycles. The average molecular weight is 295 g/mol. The van der Waals surface area contributed by atoms with E-state index in [1.54, 1.807) is 6.26 Å². The Morgan fingerprint density at radius 1 is 1.29 bits per heavy atom. The lowest BCUT2D eigenvalue weighted by molar-refractivity contribution is 0.165. The molecule has 0 saturated carbocycles. The van der Waals surface area contributed by atoms with Crippen molar-refractivity contribution >= 4 is 0 Å². The summed E-state index contributed by atoms with van der Waals surface area (Å²) in [5, 5.41) is 13.1. The fourth-order valence-corrected chi connectivity index (χ4v) is 2.11. The fourth-order valence-electron chi connectivity index (χ4n) is 2.11. The lowest BCUT2D eigenvalue weighted by Crippen LogP contribution is -2.31. The van der Waals surface area contributed by atoms with E-state index in [4.69, 9.17) is 4.42 Å². The third-order valence-electron chi connectivity index (χ3n) is 3.39. The molecule has 2 atom stereocenters. The second-order valence-electron chi connectivity index (χ2n) is 5.11. The number of furan rings is 1.